The van der Waals surface area contributed by atoms with Crippen LogP contribution in [0.5, 0.6) is 0 Å². The molecule has 1 aromatic carbocycles. The third kappa shape index (κ3) is 3.24. The zero-order chi connectivity index (χ0) is 14.5. The Labute approximate surface area is 102 Å². The fourth-order valence-corrected chi connectivity index (χ4v) is 1.19. The Balaban J connectivity index is 0.00000137. The van der Waals surface area contributed by atoms with E-state index in [-0.39, 0.29) is 5.56 Å². The molecule has 8 nitrogen and oxygen atoms in total. The second kappa shape index (κ2) is 6.28. The second-order valence-electron chi connectivity index (χ2n) is 2.96. The minimum atomic E-state index is -1.45. The van der Waals surface area contributed by atoms with Crippen molar-refractivity contribution in [1.82, 2.24) is 0 Å². The van der Waals surface area contributed by atoms with Gasteiger partial charge in [-0.2, -0.15) is 0 Å². The third-order valence-corrected chi connectivity index (χ3v) is 1.99. The lowest BCUT2D eigenvalue weighted by Gasteiger charge is -2.00. The van der Waals surface area contributed by atoms with Gasteiger partial charge in [-0.25, -0.2) is 4.79 Å². The van der Waals surface area contributed by atoms with Crippen LogP contribution >= 0.6 is 0 Å². The average molecular weight is 256 g/mol. The molecule has 8 heteroatoms. The van der Waals surface area contributed by atoms with Crippen molar-refractivity contribution in [2.24, 2.45) is 0 Å². The zero-order valence-corrected chi connectivity index (χ0v) is 10.0. The summed E-state index contributed by atoms with van der Waals surface area (Å²) in [5.41, 5.74) is -1.80. The van der Waals surface area contributed by atoms with E-state index >= 15 is 0 Å². The van der Waals surface area contributed by atoms with Gasteiger partial charge in [0.1, 0.15) is 5.56 Å². The van der Waals surface area contributed by atoms with E-state index < -0.39 is 32.8 Å². The number of rotatable bonds is 3. The number of hydrogen-bond donors (Lipinski definition) is 1. The minimum absolute atomic E-state index is 0.167. The number of nitro groups is 2. The maximum atomic E-state index is 10.6. The molecule has 0 unspecified atom stereocenters. The minimum Gasteiger partial charge on any atom is -0.478 e. The molecule has 0 amide bonds. The lowest BCUT2D eigenvalue weighted by Crippen LogP contribution is -2.03. The van der Waals surface area contributed by atoms with Crippen LogP contribution in [-0.2, 0) is 0 Å². The van der Waals surface area contributed by atoms with Crippen molar-refractivity contribution in [2.75, 3.05) is 0 Å². The summed E-state index contributed by atoms with van der Waals surface area (Å²) in [7, 11) is 0. The molecule has 1 aromatic rings. The van der Waals surface area contributed by atoms with Crippen LogP contribution in [0.4, 0.5) is 11.4 Å². The number of benzene rings is 1. The van der Waals surface area contributed by atoms with Gasteiger partial charge in [-0.05, 0) is 6.92 Å². The number of carboxylic acid groups (broad SMARTS) is 1. The summed E-state index contributed by atoms with van der Waals surface area (Å²) < 4.78 is 0. The SMILES string of the molecule is CC.Cc1c([N+](=O)[O-])cc(C(=O)O)cc1[N+](=O)[O-]. The maximum Gasteiger partial charge on any atom is 0.336 e. The molecule has 0 saturated carbocycles. The van der Waals surface area contributed by atoms with E-state index in [4.69, 9.17) is 5.11 Å². The average Bonchev–Trinajstić information content (AvgIpc) is 2.30. The maximum absolute atomic E-state index is 10.6. The Morgan fingerprint density at radius 1 is 1.11 bits per heavy atom. The fourth-order valence-electron chi connectivity index (χ4n) is 1.19. The lowest BCUT2D eigenvalue weighted by atomic mass is 10.1. The van der Waals surface area contributed by atoms with Gasteiger partial charge in [-0.3, -0.25) is 20.2 Å². The Bertz CT molecular complexity index is 462. The van der Waals surface area contributed by atoms with E-state index in [1.807, 2.05) is 13.8 Å². The molecule has 0 fully saturated rings. The Kier molecular flexibility index (Phi) is 5.40. The van der Waals surface area contributed by atoms with Gasteiger partial charge in [0.15, 0.2) is 0 Å². The Morgan fingerprint density at radius 2 is 1.44 bits per heavy atom. The van der Waals surface area contributed by atoms with E-state index in [2.05, 4.69) is 0 Å². The first-order valence-corrected chi connectivity index (χ1v) is 5.01. The summed E-state index contributed by atoms with van der Waals surface area (Å²) in [4.78, 5) is 30.0. The van der Waals surface area contributed by atoms with Gasteiger partial charge in [0.2, 0.25) is 0 Å². The smallest absolute Gasteiger partial charge is 0.336 e. The summed E-state index contributed by atoms with van der Waals surface area (Å²) in [6.45, 7) is 5.20. The van der Waals surface area contributed by atoms with Crippen molar-refractivity contribution in [2.45, 2.75) is 20.8 Å². The summed E-state index contributed by atoms with van der Waals surface area (Å²) in [6, 6.07) is 1.59. The van der Waals surface area contributed by atoms with Gasteiger partial charge in [0, 0.05) is 12.1 Å². The number of nitrogens with zero attached hydrogens (tertiary/aromatic N) is 2. The van der Waals surface area contributed by atoms with Crippen molar-refractivity contribution in [3.05, 3.63) is 43.5 Å². The molecule has 1 rings (SSSR count). The molecule has 0 aliphatic carbocycles. The topological polar surface area (TPSA) is 124 Å². The molecule has 18 heavy (non-hydrogen) atoms. The molecule has 0 aliphatic heterocycles. The van der Waals surface area contributed by atoms with Crippen molar-refractivity contribution >= 4 is 17.3 Å². The van der Waals surface area contributed by atoms with Crippen LogP contribution in [-0.4, -0.2) is 20.9 Å². The lowest BCUT2D eigenvalue weighted by molar-refractivity contribution is -0.395. The highest BCUT2D eigenvalue weighted by Crippen LogP contribution is 2.29. The molecule has 0 radical (unpaired) electrons. The van der Waals surface area contributed by atoms with Gasteiger partial charge in [-0.1, -0.05) is 13.8 Å². The Morgan fingerprint density at radius 3 is 1.67 bits per heavy atom. The molecule has 0 aliphatic rings. The molecule has 1 N–H and O–H groups in total. The molecule has 0 atom stereocenters. The first-order valence-electron chi connectivity index (χ1n) is 5.01. The van der Waals surface area contributed by atoms with Crippen molar-refractivity contribution in [3.8, 4) is 0 Å². The van der Waals surface area contributed by atoms with E-state index in [0.29, 0.717) is 0 Å². The number of nitro benzene ring substituents is 2. The summed E-state index contributed by atoms with van der Waals surface area (Å²) in [5.74, 6) is -1.45. The highest BCUT2D eigenvalue weighted by molar-refractivity contribution is 5.90. The van der Waals surface area contributed by atoms with Crippen LogP contribution in [0.2, 0.25) is 0 Å². The molecule has 98 valence electrons. The van der Waals surface area contributed by atoms with Gasteiger partial charge in [0.25, 0.3) is 11.4 Å². The largest absolute Gasteiger partial charge is 0.478 e. The molecular formula is C10H12N2O6. The molecule has 0 heterocycles. The Hall–Kier alpha value is -2.51. The monoisotopic (exact) mass is 256 g/mol. The second-order valence-corrected chi connectivity index (χ2v) is 2.96. The van der Waals surface area contributed by atoms with Gasteiger partial charge < -0.3 is 5.11 Å². The number of carboxylic acids is 1. The van der Waals surface area contributed by atoms with E-state index in [0.717, 1.165) is 12.1 Å². The van der Waals surface area contributed by atoms with E-state index in [1.54, 1.807) is 0 Å². The third-order valence-electron chi connectivity index (χ3n) is 1.99. The zero-order valence-electron chi connectivity index (χ0n) is 10.0. The highest BCUT2D eigenvalue weighted by Gasteiger charge is 2.24. The van der Waals surface area contributed by atoms with Gasteiger partial charge in [-0.15, -0.1) is 0 Å². The van der Waals surface area contributed by atoms with E-state index in [1.165, 1.54) is 6.92 Å². The van der Waals surface area contributed by atoms with Crippen LogP contribution in [0.15, 0.2) is 12.1 Å². The van der Waals surface area contributed by atoms with E-state index in [9.17, 15) is 25.0 Å². The molecule has 0 aromatic heterocycles. The summed E-state index contributed by atoms with van der Waals surface area (Å²) >= 11 is 0. The first-order chi connectivity index (χ1) is 8.34. The fraction of sp³-hybridized carbons (Fsp3) is 0.300. The quantitative estimate of drug-likeness (QED) is 0.654. The van der Waals surface area contributed by atoms with Crippen molar-refractivity contribution in [3.63, 3.8) is 0 Å². The predicted octanol–water partition coefficient (Wildman–Crippen LogP) is 2.54. The molecular weight excluding hydrogens is 244 g/mol. The van der Waals surface area contributed by atoms with Crippen molar-refractivity contribution < 1.29 is 19.7 Å². The molecule has 0 saturated heterocycles. The first kappa shape index (κ1) is 15.5. The normalized spacial score (nSPS) is 9.06. The van der Waals surface area contributed by atoms with Crippen LogP contribution in [0.3, 0.4) is 0 Å². The van der Waals surface area contributed by atoms with Gasteiger partial charge >= 0.3 is 5.97 Å². The summed E-state index contributed by atoms with van der Waals surface area (Å²) in [5, 5.41) is 29.8. The van der Waals surface area contributed by atoms with Gasteiger partial charge in [0.05, 0.1) is 15.4 Å². The van der Waals surface area contributed by atoms with Crippen LogP contribution in [0.25, 0.3) is 0 Å². The van der Waals surface area contributed by atoms with Crippen molar-refractivity contribution in [1.29, 1.82) is 0 Å². The summed E-state index contributed by atoms with van der Waals surface area (Å²) in [6.07, 6.45) is 0. The number of carbonyl (C=O) groups is 1. The van der Waals surface area contributed by atoms with Crippen LogP contribution in [0.1, 0.15) is 29.8 Å². The highest BCUT2D eigenvalue weighted by atomic mass is 16.6. The van der Waals surface area contributed by atoms with Crippen LogP contribution < -0.4 is 0 Å². The standard InChI is InChI=1S/C8H6N2O6.C2H6/c1-4-6(9(13)14)2-5(8(11)12)3-7(4)10(15)16;1-2/h2-3H,1H3,(H,11,12);1-2H3. The predicted molar refractivity (Wildman–Crippen MR) is 62.8 cm³/mol. The number of aromatic carboxylic acids is 1. The number of hydrogen-bond acceptors (Lipinski definition) is 5. The van der Waals surface area contributed by atoms with Crippen LogP contribution in [0, 0.1) is 27.2 Å². The molecule has 0 bridgehead atoms. The molecule has 0 spiro atoms.